The van der Waals surface area contributed by atoms with Crippen molar-refractivity contribution >= 4 is 33.0 Å². The van der Waals surface area contributed by atoms with Crippen LogP contribution in [0.1, 0.15) is 30.3 Å². The number of anilines is 1. The van der Waals surface area contributed by atoms with Crippen LogP contribution in [0.3, 0.4) is 0 Å². The Morgan fingerprint density at radius 3 is 2.76 bits per heavy atom. The van der Waals surface area contributed by atoms with Crippen molar-refractivity contribution in [2.24, 2.45) is 5.92 Å². The highest BCUT2D eigenvalue weighted by Gasteiger charge is 2.28. The first-order chi connectivity index (χ1) is 13.9. The molecule has 3 heterocycles. The van der Waals surface area contributed by atoms with Gasteiger partial charge in [-0.25, -0.2) is 8.42 Å². The molecule has 0 spiro atoms. The predicted octanol–water partition coefficient (Wildman–Crippen LogP) is 4.08. The number of benzene rings is 1. The summed E-state index contributed by atoms with van der Waals surface area (Å²) in [6.07, 6.45) is 1.92. The summed E-state index contributed by atoms with van der Waals surface area (Å²) in [6, 6.07) is 11.6. The van der Waals surface area contributed by atoms with E-state index in [0.717, 1.165) is 17.7 Å². The van der Waals surface area contributed by atoms with Crippen LogP contribution in [0, 0.1) is 5.92 Å². The summed E-state index contributed by atoms with van der Waals surface area (Å²) in [5, 5.41) is 8.44. The Bertz CT molecular complexity index is 1090. The second-order valence-corrected chi connectivity index (χ2v) is 10.0. The minimum absolute atomic E-state index is 0.160. The van der Waals surface area contributed by atoms with Gasteiger partial charge in [0.25, 0.3) is 5.91 Å². The smallest absolute Gasteiger partial charge is 0.277 e. The van der Waals surface area contributed by atoms with Gasteiger partial charge in [-0.1, -0.05) is 18.1 Å². The summed E-state index contributed by atoms with van der Waals surface area (Å²) in [7, 11) is -3.52. The maximum atomic E-state index is 12.8. The third-order valence-electron chi connectivity index (χ3n) is 4.88. The number of nitrogens with one attached hydrogen (secondary N) is 1. The number of rotatable bonds is 5. The molecule has 1 saturated heterocycles. The van der Waals surface area contributed by atoms with Gasteiger partial charge in [0.2, 0.25) is 10.0 Å². The van der Waals surface area contributed by atoms with Crippen molar-refractivity contribution in [3.8, 4) is 10.6 Å². The molecule has 0 aliphatic carbocycles. The average molecular weight is 432 g/mol. The maximum Gasteiger partial charge on any atom is 0.277 e. The van der Waals surface area contributed by atoms with Crippen molar-refractivity contribution in [1.29, 1.82) is 0 Å². The molecular weight excluding hydrogens is 410 g/mol. The van der Waals surface area contributed by atoms with Crippen LogP contribution in [0.25, 0.3) is 10.6 Å². The van der Waals surface area contributed by atoms with Crippen molar-refractivity contribution < 1.29 is 17.7 Å². The fraction of sp³-hybridized carbons (Fsp3) is 0.300. The standard InChI is InChI=1S/C20H21N3O4S2/c1-14-4-2-10-23(13-14)29(25,26)16-8-6-15(7-9-16)21-20(24)17-12-18(27-22-17)19-5-3-11-28-19/h3,5-9,11-12,14H,2,4,10,13H2,1H3,(H,21,24)/t14-/m0/s1. The molecule has 1 atom stereocenters. The molecule has 0 unspecified atom stereocenters. The Morgan fingerprint density at radius 2 is 2.07 bits per heavy atom. The van der Waals surface area contributed by atoms with Crippen LogP contribution in [0.15, 0.2) is 57.3 Å². The molecule has 1 amide bonds. The molecule has 1 aliphatic heterocycles. The molecule has 0 saturated carbocycles. The molecule has 152 valence electrons. The Labute approximate surface area is 173 Å². The van der Waals surface area contributed by atoms with Gasteiger partial charge in [-0.3, -0.25) is 4.79 Å². The Morgan fingerprint density at radius 1 is 1.28 bits per heavy atom. The van der Waals surface area contributed by atoms with E-state index in [0.29, 0.717) is 30.5 Å². The number of thiophene rings is 1. The molecule has 4 rings (SSSR count). The van der Waals surface area contributed by atoms with Crippen molar-refractivity contribution in [3.63, 3.8) is 0 Å². The molecule has 1 N–H and O–H groups in total. The topological polar surface area (TPSA) is 92.5 Å². The van der Waals surface area contributed by atoms with Gasteiger partial charge in [0.15, 0.2) is 11.5 Å². The lowest BCUT2D eigenvalue weighted by molar-refractivity contribution is 0.101. The van der Waals surface area contributed by atoms with Gasteiger partial charge in [0.05, 0.1) is 9.77 Å². The van der Waals surface area contributed by atoms with E-state index in [1.807, 2.05) is 17.5 Å². The fourth-order valence-electron chi connectivity index (χ4n) is 3.34. The highest BCUT2D eigenvalue weighted by molar-refractivity contribution is 7.89. The Hall–Kier alpha value is -2.49. The van der Waals surface area contributed by atoms with E-state index >= 15 is 0 Å². The van der Waals surface area contributed by atoms with Gasteiger partial charge >= 0.3 is 0 Å². The van der Waals surface area contributed by atoms with Crippen LogP contribution in [0.5, 0.6) is 0 Å². The van der Waals surface area contributed by atoms with Crippen molar-refractivity contribution in [1.82, 2.24) is 9.46 Å². The van der Waals surface area contributed by atoms with Gasteiger partial charge in [0, 0.05) is 24.8 Å². The van der Waals surface area contributed by atoms with Gasteiger partial charge < -0.3 is 9.84 Å². The summed E-state index contributed by atoms with van der Waals surface area (Å²) >= 11 is 1.49. The minimum atomic E-state index is -3.52. The molecule has 7 nitrogen and oxygen atoms in total. The monoisotopic (exact) mass is 431 g/mol. The van der Waals surface area contributed by atoms with E-state index in [9.17, 15) is 13.2 Å². The number of aromatic nitrogens is 1. The first-order valence-corrected chi connectivity index (χ1v) is 11.7. The second kappa shape index (κ2) is 8.10. The van der Waals surface area contributed by atoms with Gasteiger partial charge in [-0.2, -0.15) is 4.31 Å². The molecule has 1 fully saturated rings. The Balaban J connectivity index is 1.45. The van der Waals surface area contributed by atoms with E-state index in [1.54, 1.807) is 18.2 Å². The van der Waals surface area contributed by atoms with Crippen LogP contribution in [0.2, 0.25) is 0 Å². The minimum Gasteiger partial charge on any atom is -0.355 e. The van der Waals surface area contributed by atoms with E-state index in [4.69, 9.17) is 4.52 Å². The maximum absolute atomic E-state index is 12.8. The number of piperidine rings is 1. The molecular formula is C20H21N3O4S2. The van der Waals surface area contributed by atoms with Crippen LogP contribution < -0.4 is 5.32 Å². The number of amides is 1. The quantitative estimate of drug-likeness (QED) is 0.657. The summed E-state index contributed by atoms with van der Waals surface area (Å²) in [5.74, 6) is 0.470. The van der Waals surface area contributed by atoms with Crippen molar-refractivity contribution in [2.75, 3.05) is 18.4 Å². The zero-order valence-corrected chi connectivity index (χ0v) is 17.5. The largest absolute Gasteiger partial charge is 0.355 e. The van der Waals surface area contributed by atoms with E-state index in [1.165, 1.54) is 27.8 Å². The van der Waals surface area contributed by atoms with Crippen LogP contribution >= 0.6 is 11.3 Å². The third-order valence-corrected chi connectivity index (χ3v) is 7.64. The first-order valence-electron chi connectivity index (χ1n) is 9.35. The number of sulfonamides is 1. The lowest BCUT2D eigenvalue weighted by Gasteiger charge is -2.30. The highest BCUT2D eigenvalue weighted by Crippen LogP contribution is 2.26. The highest BCUT2D eigenvalue weighted by atomic mass is 32.2. The van der Waals surface area contributed by atoms with Gasteiger partial charge in [-0.05, 0) is 54.5 Å². The van der Waals surface area contributed by atoms with E-state index in [-0.39, 0.29) is 10.6 Å². The van der Waals surface area contributed by atoms with Gasteiger partial charge in [-0.15, -0.1) is 11.3 Å². The van der Waals surface area contributed by atoms with Crippen molar-refractivity contribution in [3.05, 3.63) is 53.5 Å². The Kier molecular flexibility index (Phi) is 5.53. The van der Waals surface area contributed by atoms with Crippen molar-refractivity contribution in [2.45, 2.75) is 24.7 Å². The molecule has 29 heavy (non-hydrogen) atoms. The second-order valence-electron chi connectivity index (χ2n) is 7.14. The molecule has 3 aromatic rings. The summed E-state index contributed by atoms with van der Waals surface area (Å²) in [5.41, 5.74) is 0.647. The summed E-state index contributed by atoms with van der Waals surface area (Å²) in [4.78, 5) is 13.5. The number of hydrogen-bond donors (Lipinski definition) is 1. The summed E-state index contributed by atoms with van der Waals surface area (Å²) in [6.45, 7) is 3.15. The lowest BCUT2D eigenvalue weighted by Crippen LogP contribution is -2.39. The molecule has 0 radical (unpaired) electrons. The molecule has 9 heteroatoms. The molecule has 1 aromatic carbocycles. The average Bonchev–Trinajstić information content (AvgIpc) is 3.40. The lowest BCUT2D eigenvalue weighted by atomic mass is 10.0. The van der Waals surface area contributed by atoms with E-state index in [2.05, 4.69) is 17.4 Å². The zero-order valence-electron chi connectivity index (χ0n) is 15.9. The molecule has 1 aliphatic rings. The van der Waals surface area contributed by atoms with E-state index < -0.39 is 15.9 Å². The number of carbonyl (C=O) groups is 1. The van der Waals surface area contributed by atoms with Crippen LogP contribution in [0.4, 0.5) is 5.69 Å². The number of nitrogens with zero attached hydrogens (tertiary/aromatic N) is 2. The fourth-order valence-corrected chi connectivity index (χ4v) is 5.61. The van der Waals surface area contributed by atoms with Crippen LogP contribution in [-0.2, 0) is 10.0 Å². The number of carbonyl (C=O) groups excluding carboxylic acids is 1. The SMILES string of the molecule is C[C@H]1CCCN(S(=O)(=O)c2ccc(NC(=O)c3cc(-c4cccs4)on3)cc2)C1. The molecule has 0 bridgehead atoms. The summed E-state index contributed by atoms with van der Waals surface area (Å²) < 4.78 is 32.4. The van der Waals surface area contributed by atoms with Gasteiger partial charge in [0.1, 0.15) is 0 Å². The number of hydrogen-bond acceptors (Lipinski definition) is 6. The van der Waals surface area contributed by atoms with Crippen LogP contribution in [-0.4, -0.2) is 36.9 Å². The zero-order chi connectivity index (χ0) is 20.4. The normalized spacial score (nSPS) is 17.9. The predicted molar refractivity (Wildman–Crippen MR) is 111 cm³/mol. The third kappa shape index (κ3) is 4.26. The first kappa shape index (κ1) is 19.8. The molecule has 2 aromatic heterocycles.